The van der Waals surface area contributed by atoms with E-state index >= 15 is 0 Å². The Hall–Kier alpha value is -2.08. The molecule has 0 radical (unpaired) electrons. The van der Waals surface area contributed by atoms with Crippen molar-refractivity contribution in [1.82, 2.24) is 29.8 Å². The lowest BCUT2D eigenvalue weighted by molar-refractivity contribution is 0.00578. The number of tetrazole rings is 1. The molecule has 3 aromatic heterocycles. The highest BCUT2D eigenvalue weighted by Crippen LogP contribution is 2.37. The number of fused-ring (bicyclic) bond motifs is 1. The Morgan fingerprint density at radius 2 is 1.78 bits per heavy atom. The molecule has 4 heterocycles. The van der Waals surface area contributed by atoms with E-state index in [0.29, 0.717) is 18.4 Å². The summed E-state index contributed by atoms with van der Waals surface area (Å²) in [6.45, 7) is 18.3. The van der Waals surface area contributed by atoms with E-state index < -0.39 is 26.4 Å². The van der Waals surface area contributed by atoms with Crippen molar-refractivity contribution in [3.05, 3.63) is 24.2 Å². The Morgan fingerprint density at radius 3 is 2.38 bits per heavy atom. The van der Waals surface area contributed by atoms with Crippen LogP contribution in [0.2, 0.25) is 25.7 Å². The van der Waals surface area contributed by atoms with Gasteiger partial charge in [-0.3, -0.25) is 0 Å². The molecule has 32 heavy (non-hydrogen) atoms. The SMILES string of the molecule is Cc1nnnn1-c1ccc2c(B3OC(C)(C)C(C)(C)O3)cn(COCC[Si](C)(C)C)c2n1. The highest BCUT2D eigenvalue weighted by molar-refractivity contribution is 6.76. The summed E-state index contributed by atoms with van der Waals surface area (Å²) in [5.74, 6) is 1.33. The fourth-order valence-electron chi connectivity index (χ4n) is 3.54. The summed E-state index contributed by atoms with van der Waals surface area (Å²) >= 11 is 0. The van der Waals surface area contributed by atoms with Crippen LogP contribution >= 0.6 is 0 Å². The zero-order valence-corrected chi connectivity index (χ0v) is 21.3. The third kappa shape index (κ3) is 4.39. The van der Waals surface area contributed by atoms with Gasteiger partial charge in [0.2, 0.25) is 0 Å². The summed E-state index contributed by atoms with van der Waals surface area (Å²) in [6, 6.07) is 5.05. The van der Waals surface area contributed by atoms with Crippen molar-refractivity contribution >= 4 is 31.7 Å². The lowest BCUT2D eigenvalue weighted by Gasteiger charge is -2.32. The molecule has 0 aliphatic carbocycles. The van der Waals surface area contributed by atoms with Crippen LogP contribution in [0.25, 0.3) is 16.9 Å². The van der Waals surface area contributed by atoms with Gasteiger partial charge in [-0.25, -0.2) is 4.98 Å². The molecule has 1 saturated heterocycles. The van der Waals surface area contributed by atoms with E-state index in [-0.39, 0.29) is 0 Å². The summed E-state index contributed by atoms with van der Waals surface area (Å²) in [7, 11) is -1.64. The number of nitrogens with zero attached hydrogens (tertiary/aromatic N) is 6. The lowest BCUT2D eigenvalue weighted by atomic mass is 9.79. The van der Waals surface area contributed by atoms with E-state index in [1.54, 1.807) is 4.68 Å². The average molecular weight is 456 g/mol. The zero-order valence-electron chi connectivity index (χ0n) is 20.3. The van der Waals surface area contributed by atoms with Gasteiger partial charge in [-0.05, 0) is 63.2 Å². The molecule has 0 atom stereocenters. The van der Waals surface area contributed by atoms with E-state index in [2.05, 4.69) is 62.9 Å². The Morgan fingerprint density at radius 1 is 1.09 bits per heavy atom. The van der Waals surface area contributed by atoms with Gasteiger partial charge in [0.05, 0.1) is 11.2 Å². The van der Waals surface area contributed by atoms with Gasteiger partial charge in [0.1, 0.15) is 12.4 Å². The molecule has 11 heteroatoms. The molecule has 0 unspecified atom stereocenters. The number of hydrogen-bond donors (Lipinski definition) is 0. The van der Waals surface area contributed by atoms with Crippen molar-refractivity contribution in [2.45, 2.75) is 78.2 Å². The third-order valence-corrected chi connectivity index (χ3v) is 8.02. The van der Waals surface area contributed by atoms with Crippen molar-refractivity contribution in [3.8, 4) is 5.82 Å². The minimum atomic E-state index is -1.16. The predicted molar refractivity (Wildman–Crippen MR) is 127 cm³/mol. The van der Waals surface area contributed by atoms with Gasteiger partial charge in [0, 0.05) is 31.7 Å². The van der Waals surface area contributed by atoms with Crippen LogP contribution in [0.5, 0.6) is 0 Å². The van der Waals surface area contributed by atoms with Gasteiger partial charge in [-0.15, -0.1) is 5.10 Å². The second kappa shape index (κ2) is 8.05. The van der Waals surface area contributed by atoms with Crippen molar-refractivity contribution < 1.29 is 14.0 Å². The molecule has 0 N–H and O–H groups in total. The molecule has 1 aliphatic heterocycles. The van der Waals surface area contributed by atoms with Crippen LogP contribution in [-0.2, 0) is 20.8 Å². The van der Waals surface area contributed by atoms with Crippen molar-refractivity contribution in [1.29, 1.82) is 0 Å². The maximum atomic E-state index is 6.33. The highest BCUT2D eigenvalue weighted by Gasteiger charge is 2.52. The maximum absolute atomic E-state index is 6.33. The molecule has 0 spiro atoms. The first-order valence-corrected chi connectivity index (χ1v) is 14.8. The van der Waals surface area contributed by atoms with Crippen LogP contribution < -0.4 is 5.46 Å². The summed E-state index contributed by atoms with van der Waals surface area (Å²) in [5, 5.41) is 12.7. The maximum Gasteiger partial charge on any atom is 0.497 e. The van der Waals surface area contributed by atoms with Gasteiger partial charge in [0.25, 0.3) is 0 Å². The Labute approximate surface area is 190 Å². The standard InChI is InChI=1S/C21H33BN6O3Si/c1-15-24-25-26-28(15)18-10-9-16-17(22-30-20(2,3)21(4,5)31-22)13-27(19(16)23-18)14-29-11-12-32(6,7)8/h9-10,13H,11-12,14H2,1-8H3. The Bertz CT molecular complexity index is 1100. The predicted octanol–water partition coefficient (Wildman–Crippen LogP) is 2.93. The first-order chi connectivity index (χ1) is 14.9. The second-order valence-corrected chi connectivity index (χ2v) is 16.3. The van der Waals surface area contributed by atoms with Gasteiger partial charge < -0.3 is 18.6 Å². The van der Waals surface area contributed by atoms with Crippen LogP contribution in [0.3, 0.4) is 0 Å². The minimum Gasteiger partial charge on any atom is -0.399 e. The Kier molecular flexibility index (Phi) is 5.81. The van der Waals surface area contributed by atoms with E-state index in [1.807, 2.05) is 29.8 Å². The monoisotopic (exact) mass is 456 g/mol. The van der Waals surface area contributed by atoms with Gasteiger partial charge in [-0.2, -0.15) is 4.68 Å². The molecule has 9 nitrogen and oxygen atoms in total. The molecule has 0 bridgehead atoms. The molecular formula is C21H33BN6O3Si. The molecule has 0 aromatic carbocycles. The number of aromatic nitrogens is 6. The van der Waals surface area contributed by atoms with Gasteiger partial charge in [-0.1, -0.05) is 19.6 Å². The van der Waals surface area contributed by atoms with Crippen molar-refractivity contribution in [2.24, 2.45) is 0 Å². The number of pyridine rings is 1. The van der Waals surface area contributed by atoms with E-state index in [9.17, 15) is 0 Å². The molecular weight excluding hydrogens is 423 g/mol. The van der Waals surface area contributed by atoms with Crippen LogP contribution in [0, 0.1) is 6.92 Å². The largest absolute Gasteiger partial charge is 0.497 e. The number of aryl methyl sites for hydroxylation is 1. The average Bonchev–Trinajstić information content (AvgIpc) is 3.32. The molecule has 1 aliphatic rings. The molecule has 172 valence electrons. The lowest BCUT2D eigenvalue weighted by Crippen LogP contribution is -2.41. The first kappa shape index (κ1) is 23.1. The van der Waals surface area contributed by atoms with Crippen LogP contribution in [-0.4, -0.2) is 62.8 Å². The summed E-state index contributed by atoms with van der Waals surface area (Å²) in [6.07, 6.45) is 2.03. The first-order valence-electron chi connectivity index (χ1n) is 11.1. The van der Waals surface area contributed by atoms with Crippen molar-refractivity contribution in [3.63, 3.8) is 0 Å². The third-order valence-electron chi connectivity index (χ3n) is 6.31. The van der Waals surface area contributed by atoms with Crippen LogP contribution in [0.1, 0.15) is 33.5 Å². The zero-order chi connectivity index (χ0) is 23.3. The van der Waals surface area contributed by atoms with Crippen LogP contribution in [0.4, 0.5) is 0 Å². The number of rotatable bonds is 7. The summed E-state index contributed by atoms with van der Waals surface area (Å²) in [4.78, 5) is 4.87. The normalized spacial score (nSPS) is 18.1. The fraction of sp³-hybridized carbons (Fsp3) is 0.619. The Balaban J connectivity index is 1.70. The molecule has 0 amide bonds. The molecule has 0 saturated carbocycles. The van der Waals surface area contributed by atoms with Gasteiger partial charge >= 0.3 is 7.12 Å². The number of ether oxygens (including phenoxy) is 1. The fourth-order valence-corrected chi connectivity index (χ4v) is 4.30. The number of hydrogen-bond acceptors (Lipinski definition) is 7. The van der Waals surface area contributed by atoms with E-state index in [0.717, 1.165) is 29.1 Å². The van der Waals surface area contributed by atoms with Crippen molar-refractivity contribution in [2.75, 3.05) is 6.61 Å². The highest BCUT2D eigenvalue weighted by atomic mass is 28.3. The minimum absolute atomic E-state index is 0.408. The summed E-state index contributed by atoms with van der Waals surface area (Å²) < 4.78 is 22.3. The molecule has 3 aromatic rings. The van der Waals surface area contributed by atoms with E-state index in [4.69, 9.17) is 19.0 Å². The molecule has 4 rings (SSSR count). The van der Waals surface area contributed by atoms with Crippen LogP contribution in [0.15, 0.2) is 18.3 Å². The topological polar surface area (TPSA) is 89.1 Å². The quantitative estimate of drug-likeness (QED) is 0.399. The van der Waals surface area contributed by atoms with E-state index in [1.165, 1.54) is 0 Å². The summed E-state index contributed by atoms with van der Waals surface area (Å²) in [5.41, 5.74) is 0.892. The smallest absolute Gasteiger partial charge is 0.399 e. The van der Waals surface area contributed by atoms with Gasteiger partial charge in [0.15, 0.2) is 11.6 Å². The second-order valence-electron chi connectivity index (χ2n) is 10.7. The molecule has 1 fully saturated rings.